The first-order valence-electron chi connectivity index (χ1n) is 8.85. The van der Waals surface area contributed by atoms with E-state index < -0.39 is 10.8 Å². The molecule has 0 aliphatic heterocycles. The van der Waals surface area contributed by atoms with Crippen LogP contribution in [0.4, 0.5) is 11.4 Å². The monoisotopic (exact) mass is 603 g/mol. The topological polar surface area (TPSA) is 91.5 Å². The molecule has 0 bridgehead atoms. The smallest absolute Gasteiger partial charge is 1.00 e. The van der Waals surface area contributed by atoms with Crippen LogP contribution in [-0.4, -0.2) is 15.8 Å². The van der Waals surface area contributed by atoms with Crippen LogP contribution in [-0.2, 0) is 19.8 Å². The molecule has 0 aliphatic carbocycles. The van der Waals surface area contributed by atoms with Crippen molar-refractivity contribution < 1.29 is 42.2 Å². The van der Waals surface area contributed by atoms with Crippen LogP contribution in [0.25, 0.3) is 0 Å². The number of rotatable bonds is 4. The van der Waals surface area contributed by atoms with Crippen LogP contribution in [0, 0.1) is 17.0 Å². The number of nitro benzene ring substituents is 1. The summed E-state index contributed by atoms with van der Waals surface area (Å²) < 4.78 is 0. The molecule has 0 radical (unpaired) electrons. The van der Waals surface area contributed by atoms with Crippen LogP contribution in [0.5, 0.6) is 0 Å². The van der Waals surface area contributed by atoms with Gasteiger partial charge in [-0.3, -0.25) is 20.1 Å². The van der Waals surface area contributed by atoms with Crippen LogP contribution >= 0.6 is 0 Å². The Balaban J connectivity index is 0.000000604. The molecule has 1 heterocycles. The zero-order valence-corrected chi connectivity index (χ0v) is 20.1. The van der Waals surface area contributed by atoms with Crippen molar-refractivity contribution in [2.45, 2.75) is 26.7 Å². The third-order valence-corrected chi connectivity index (χ3v) is 3.93. The fourth-order valence-electron chi connectivity index (χ4n) is 2.32. The molecular weight excluding hydrogens is 580 g/mol. The van der Waals surface area contributed by atoms with Gasteiger partial charge in [0, 0.05) is 18.2 Å². The summed E-state index contributed by atoms with van der Waals surface area (Å²) in [7, 11) is 0. The zero-order chi connectivity index (χ0) is 20.5. The average Bonchev–Trinajstić information content (AvgIpc) is 2.69. The number of aliphatic imine (C=N–C) groups is 1. The van der Waals surface area contributed by atoms with Crippen molar-refractivity contribution in [3.63, 3.8) is 0 Å². The Labute approximate surface area is 195 Å². The van der Waals surface area contributed by atoms with Crippen LogP contribution in [0.15, 0.2) is 77.9 Å². The van der Waals surface area contributed by atoms with Crippen molar-refractivity contribution in [3.05, 3.63) is 99.9 Å². The van der Waals surface area contributed by atoms with Gasteiger partial charge in [-0.15, -0.1) is 0 Å². The summed E-state index contributed by atoms with van der Waals surface area (Å²) in [5.74, 6) is 0.0468. The van der Waals surface area contributed by atoms with E-state index in [1.54, 1.807) is 18.2 Å². The molecule has 0 N–H and O–H groups in total. The predicted molar refractivity (Wildman–Crippen MR) is 109 cm³/mol. The van der Waals surface area contributed by atoms with Gasteiger partial charge in [0.25, 0.3) is 5.69 Å². The molecule has 0 atom stereocenters. The SMILES string of the molecule is Cc1ccc(C(C)C)cc1.O=[N+]([O-])c1ccccc1N=C([O-])c1ccccn1.[Cl-].[Os+2]. The minimum absolute atomic E-state index is 0. The molecule has 8 heteroatoms. The van der Waals surface area contributed by atoms with Gasteiger partial charge in [0.15, 0.2) is 0 Å². The molecule has 1 aromatic heterocycles. The normalized spacial score (nSPS) is 10.2. The van der Waals surface area contributed by atoms with Crippen molar-refractivity contribution in [1.29, 1.82) is 0 Å². The van der Waals surface area contributed by atoms with E-state index in [0.717, 1.165) is 0 Å². The summed E-state index contributed by atoms with van der Waals surface area (Å²) in [6.45, 7) is 6.54. The third kappa shape index (κ3) is 8.40. The van der Waals surface area contributed by atoms with E-state index in [9.17, 15) is 15.2 Å². The van der Waals surface area contributed by atoms with Crippen molar-refractivity contribution in [3.8, 4) is 0 Å². The first-order chi connectivity index (χ1) is 13.4. The second kappa shape index (κ2) is 13.6. The molecule has 0 aliphatic rings. The number of benzene rings is 2. The summed E-state index contributed by atoms with van der Waals surface area (Å²) in [4.78, 5) is 17.7. The van der Waals surface area contributed by atoms with E-state index in [1.807, 2.05) is 0 Å². The molecule has 0 fully saturated rings. The van der Waals surface area contributed by atoms with Crippen LogP contribution in [0.3, 0.4) is 0 Å². The maximum absolute atomic E-state index is 11.7. The molecule has 6 nitrogen and oxygen atoms in total. The number of aryl methyl sites for hydroxylation is 1. The van der Waals surface area contributed by atoms with E-state index in [0.29, 0.717) is 5.92 Å². The maximum atomic E-state index is 11.7. The van der Waals surface area contributed by atoms with E-state index in [1.165, 1.54) is 41.6 Å². The first kappa shape index (κ1) is 27.4. The first-order valence-corrected chi connectivity index (χ1v) is 8.85. The predicted octanol–water partition coefficient (Wildman–Crippen LogP) is 1.55. The second-order valence-electron chi connectivity index (χ2n) is 6.44. The van der Waals surface area contributed by atoms with Crippen molar-refractivity contribution >= 4 is 17.3 Å². The van der Waals surface area contributed by atoms with Crippen molar-refractivity contribution in [1.82, 2.24) is 4.98 Å². The summed E-state index contributed by atoms with van der Waals surface area (Å²) in [5, 5.41) is 22.5. The van der Waals surface area contributed by atoms with Crippen LogP contribution in [0.2, 0.25) is 0 Å². The molecule has 0 spiro atoms. The van der Waals surface area contributed by atoms with E-state index in [2.05, 4.69) is 55.0 Å². The summed E-state index contributed by atoms with van der Waals surface area (Å²) >= 11 is 0. The fourth-order valence-corrected chi connectivity index (χ4v) is 2.32. The molecule has 0 saturated carbocycles. The number of aromatic nitrogens is 1. The molecule has 0 saturated heterocycles. The zero-order valence-electron chi connectivity index (χ0n) is 16.8. The van der Waals surface area contributed by atoms with Crippen molar-refractivity contribution in [2.75, 3.05) is 0 Å². The molecule has 0 unspecified atom stereocenters. The fraction of sp³-hybridized carbons (Fsp3) is 0.182. The Morgan fingerprint density at radius 1 is 1.00 bits per heavy atom. The standard InChI is InChI=1S/C12H9N3O3.C10H14.ClH.Os/c16-12(10-6-3-4-8-13-10)14-9-5-1-2-7-11(9)15(17)18;1-8(2)10-6-4-9(3)5-7-10;;/h1-8H,(H,14,16);4-8H,1-3H3;1H;/q;;;+2/p-2. The Morgan fingerprint density at radius 3 is 2.13 bits per heavy atom. The molecule has 2 aromatic carbocycles. The molecular formula is C22H22ClN3O3Os. The average molecular weight is 602 g/mol. The number of nitrogens with zero attached hydrogens (tertiary/aromatic N) is 3. The van der Waals surface area contributed by atoms with Crippen LogP contribution < -0.4 is 17.5 Å². The number of hydrogen-bond donors (Lipinski definition) is 0. The van der Waals surface area contributed by atoms with Gasteiger partial charge < -0.3 is 17.5 Å². The van der Waals surface area contributed by atoms with E-state index in [4.69, 9.17) is 0 Å². The minimum atomic E-state index is -0.607. The van der Waals surface area contributed by atoms with Crippen molar-refractivity contribution in [2.24, 2.45) is 4.99 Å². The molecule has 158 valence electrons. The number of para-hydroxylation sites is 2. The number of halogens is 1. The quantitative estimate of drug-likeness (QED) is 0.196. The largest absolute Gasteiger partial charge is 2.00 e. The third-order valence-electron chi connectivity index (χ3n) is 3.93. The van der Waals surface area contributed by atoms with Gasteiger partial charge in [0.2, 0.25) is 0 Å². The molecule has 3 rings (SSSR count). The van der Waals surface area contributed by atoms with E-state index in [-0.39, 0.29) is 49.3 Å². The maximum Gasteiger partial charge on any atom is 2.00 e. The van der Waals surface area contributed by atoms with Gasteiger partial charge in [-0.2, -0.15) is 0 Å². The van der Waals surface area contributed by atoms with Gasteiger partial charge in [-0.25, -0.2) is 0 Å². The van der Waals surface area contributed by atoms with Gasteiger partial charge in [-0.1, -0.05) is 61.9 Å². The molecule has 3 aromatic rings. The minimum Gasteiger partial charge on any atom is -1.00 e. The van der Waals surface area contributed by atoms with Gasteiger partial charge in [-0.05, 0) is 36.6 Å². The Morgan fingerprint density at radius 2 is 1.60 bits per heavy atom. The van der Waals surface area contributed by atoms with E-state index >= 15 is 0 Å². The summed E-state index contributed by atoms with van der Waals surface area (Å²) in [5.41, 5.74) is 2.73. The Bertz CT molecular complexity index is 949. The van der Waals surface area contributed by atoms with Gasteiger partial charge in [0.1, 0.15) is 5.69 Å². The van der Waals surface area contributed by atoms with Crippen LogP contribution in [0.1, 0.15) is 36.6 Å². The van der Waals surface area contributed by atoms with Gasteiger partial charge in [0.05, 0.1) is 10.6 Å². The Kier molecular flexibility index (Phi) is 12.4. The number of hydrogen-bond acceptors (Lipinski definition) is 5. The molecule has 30 heavy (non-hydrogen) atoms. The summed E-state index contributed by atoms with van der Waals surface area (Å²) in [6.07, 6.45) is 1.46. The number of nitro groups is 1. The Hall–Kier alpha value is -2.61. The summed E-state index contributed by atoms with van der Waals surface area (Å²) in [6, 6.07) is 19.3. The number of pyridine rings is 1. The second-order valence-corrected chi connectivity index (χ2v) is 6.44. The molecule has 0 amide bonds. The van der Waals surface area contributed by atoms with Gasteiger partial charge >= 0.3 is 19.8 Å².